The summed E-state index contributed by atoms with van der Waals surface area (Å²) in [5.74, 6) is 0.0374. The number of hydrogen-bond donors (Lipinski definition) is 2. The molecule has 0 amide bonds. The predicted octanol–water partition coefficient (Wildman–Crippen LogP) is 5.66. The largest absolute Gasteiger partial charge is 0.573 e. The fourth-order valence-electron chi connectivity index (χ4n) is 3.03. The Morgan fingerprint density at radius 3 is 2.12 bits per heavy atom. The number of hydrogen-bond acceptors (Lipinski definition) is 5. The monoisotopic (exact) mass is 486 g/mol. The fourth-order valence-corrected chi connectivity index (χ4v) is 3.03. The third-order valence-corrected chi connectivity index (χ3v) is 4.66. The molecule has 0 aliphatic carbocycles. The number of nitrogens with zero attached hydrogens (tertiary/aromatic N) is 1. The molecule has 182 valence electrons. The minimum Gasteiger partial charge on any atom is -0.456 e. The first kappa shape index (κ1) is 25.3. The van der Waals surface area contributed by atoms with Gasteiger partial charge in [-0.1, -0.05) is 24.3 Å². The minimum atomic E-state index is -5.09. The normalized spacial score (nSPS) is 13.9. The van der Waals surface area contributed by atoms with E-state index in [0.717, 1.165) is 17.8 Å². The highest BCUT2D eigenvalue weighted by molar-refractivity contribution is 5.34. The molecule has 0 spiro atoms. The zero-order valence-electron chi connectivity index (χ0n) is 17.7. The van der Waals surface area contributed by atoms with Crippen LogP contribution in [0, 0.1) is 6.92 Å². The molecule has 5 nitrogen and oxygen atoms in total. The lowest BCUT2D eigenvalue weighted by Crippen LogP contribution is -2.58. The Bertz CT molecular complexity index is 1100. The molecule has 0 bridgehead atoms. The van der Waals surface area contributed by atoms with Crippen molar-refractivity contribution in [3.63, 3.8) is 0 Å². The molecule has 3 aromatic rings. The number of alkyl halides is 6. The second-order valence-electron chi connectivity index (χ2n) is 7.47. The van der Waals surface area contributed by atoms with E-state index >= 15 is 0 Å². The molecule has 1 aromatic heterocycles. The number of ether oxygens (including phenoxy) is 2. The van der Waals surface area contributed by atoms with Crippen molar-refractivity contribution in [3.8, 4) is 17.2 Å². The van der Waals surface area contributed by atoms with E-state index < -0.39 is 37.0 Å². The molecule has 0 aliphatic rings. The average Bonchev–Trinajstić information content (AvgIpc) is 2.72. The number of aliphatic hydroxyl groups is 1. The van der Waals surface area contributed by atoms with Gasteiger partial charge in [-0.3, -0.25) is 10.3 Å². The summed E-state index contributed by atoms with van der Waals surface area (Å²) in [4.78, 5) is 4.07. The van der Waals surface area contributed by atoms with E-state index in [0.29, 0.717) is 5.75 Å². The summed E-state index contributed by atoms with van der Waals surface area (Å²) in [6.45, 7) is 1.21. The third-order valence-electron chi connectivity index (χ3n) is 4.66. The van der Waals surface area contributed by atoms with Gasteiger partial charge >= 0.3 is 12.5 Å². The van der Waals surface area contributed by atoms with Gasteiger partial charge in [0.2, 0.25) is 5.72 Å². The molecule has 1 atom stereocenters. The van der Waals surface area contributed by atoms with Gasteiger partial charge in [-0.2, -0.15) is 13.2 Å². The van der Waals surface area contributed by atoms with Gasteiger partial charge in [0, 0.05) is 18.7 Å². The highest BCUT2D eigenvalue weighted by atomic mass is 19.4. The molecular formula is C23H20F6N2O3. The molecule has 0 saturated carbocycles. The quantitative estimate of drug-likeness (QED) is 0.318. The maximum Gasteiger partial charge on any atom is 0.573 e. The summed E-state index contributed by atoms with van der Waals surface area (Å²) < 4.78 is 87.8. The summed E-state index contributed by atoms with van der Waals surface area (Å²) in [6.07, 6.45) is -9.45. The van der Waals surface area contributed by atoms with Gasteiger partial charge in [0.05, 0.1) is 6.20 Å². The van der Waals surface area contributed by atoms with Crippen LogP contribution in [0.1, 0.15) is 16.8 Å². The van der Waals surface area contributed by atoms with Crippen LogP contribution in [0.25, 0.3) is 0 Å². The topological polar surface area (TPSA) is 63.6 Å². The van der Waals surface area contributed by atoms with Crippen LogP contribution >= 0.6 is 0 Å². The lowest BCUT2D eigenvalue weighted by molar-refractivity contribution is -0.274. The highest BCUT2D eigenvalue weighted by Gasteiger charge is 2.53. The Morgan fingerprint density at radius 2 is 1.50 bits per heavy atom. The van der Waals surface area contributed by atoms with E-state index in [-0.39, 0.29) is 16.9 Å². The molecule has 0 fully saturated rings. The minimum absolute atomic E-state index is 0.0494. The van der Waals surface area contributed by atoms with Gasteiger partial charge in [0.1, 0.15) is 17.2 Å². The first-order valence-corrected chi connectivity index (χ1v) is 9.91. The zero-order valence-corrected chi connectivity index (χ0v) is 17.7. The van der Waals surface area contributed by atoms with Crippen LogP contribution in [0.3, 0.4) is 0 Å². The lowest BCUT2D eigenvalue weighted by Gasteiger charge is -2.32. The predicted molar refractivity (Wildman–Crippen MR) is 110 cm³/mol. The van der Waals surface area contributed by atoms with E-state index in [4.69, 9.17) is 4.74 Å². The smallest absolute Gasteiger partial charge is 0.456 e. The Morgan fingerprint density at radius 1 is 0.853 bits per heavy atom. The van der Waals surface area contributed by atoms with Gasteiger partial charge in [-0.05, 0) is 54.4 Å². The third kappa shape index (κ3) is 7.09. The molecule has 1 heterocycles. The van der Waals surface area contributed by atoms with Crippen molar-refractivity contribution in [2.24, 2.45) is 0 Å². The van der Waals surface area contributed by atoms with Crippen LogP contribution in [0.4, 0.5) is 26.3 Å². The first-order chi connectivity index (χ1) is 15.8. The molecular weight excluding hydrogens is 466 g/mol. The molecule has 0 saturated heterocycles. The molecule has 34 heavy (non-hydrogen) atoms. The van der Waals surface area contributed by atoms with Crippen molar-refractivity contribution in [1.29, 1.82) is 0 Å². The number of nitrogens with one attached hydrogen (secondary N) is 1. The molecule has 0 aliphatic heterocycles. The molecule has 1 unspecified atom stereocenters. The first-order valence-electron chi connectivity index (χ1n) is 9.91. The Kier molecular flexibility index (Phi) is 7.37. The van der Waals surface area contributed by atoms with Gasteiger partial charge in [-0.25, -0.2) is 0 Å². The number of pyridine rings is 1. The number of benzene rings is 2. The van der Waals surface area contributed by atoms with Gasteiger partial charge in [0.25, 0.3) is 0 Å². The maximum absolute atomic E-state index is 13.8. The van der Waals surface area contributed by atoms with E-state index in [2.05, 4.69) is 9.72 Å². The van der Waals surface area contributed by atoms with Crippen LogP contribution in [0.2, 0.25) is 0 Å². The van der Waals surface area contributed by atoms with Gasteiger partial charge in [-0.15, -0.1) is 13.2 Å². The van der Waals surface area contributed by atoms with Gasteiger partial charge in [0.15, 0.2) is 0 Å². The highest BCUT2D eigenvalue weighted by Crippen LogP contribution is 2.33. The SMILES string of the molecule is Cc1ccc(Oc2cccc(CC(O)(NCc3cccc(OC(F)(F)F)c3)C(F)(F)F)c2)cn1. The van der Waals surface area contributed by atoms with E-state index in [1.165, 1.54) is 42.6 Å². The number of aromatic nitrogens is 1. The average molecular weight is 486 g/mol. The lowest BCUT2D eigenvalue weighted by atomic mass is 10.0. The van der Waals surface area contributed by atoms with E-state index in [1.807, 2.05) is 5.32 Å². The summed E-state index contributed by atoms with van der Waals surface area (Å²) in [7, 11) is 0. The Hall–Kier alpha value is -3.31. The van der Waals surface area contributed by atoms with Crippen molar-refractivity contribution in [3.05, 3.63) is 83.7 Å². The fraction of sp³-hybridized carbons (Fsp3) is 0.261. The molecule has 2 aromatic carbocycles. The van der Waals surface area contributed by atoms with Crippen molar-refractivity contribution >= 4 is 0 Å². The number of rotatable bonds is 8. The van der Waals surface area contributed by atoms with Gasteiger partial charge < -0.3 is 14.6 Å². The Labute approximate surface area is 191 Å². The van der Waals surface area contributed by atoms with E-state index in [1.54, 1.807) is 19.1 Å². The maximum atomic E-state index is 13.8. The summed E-state index contributed by atoms with van der Waals surface area (Å²) >= 11 is 0. The van der Waals surface area contributed by atoms with Crippen LogP contribution in [0.5, 0.6) is 17.2 Å². The summed E-state index contributed by atoms with van der Waals surface area (Å²) in [5.41, 5.74) is -2.44. The molecule has 2 N–H and O–H groups in total. The summed E-state index contributed by atoms with van der Waals surface area (Å²) in [6, 6.07) is 13.6. The number of aryl methyl sites for hydroxylation is 1. The van der Waals surface area contributed by atoms with Crippen molar-refractivity contribution in [2.75, 3.05) is 0 Å². The van der Waals surface area contributed by atoms with E-state index in [9.17, 15) is 31.4 Å². The van der Waals surface area contributed by atoms with Crippen LogP contribution in [-0.4, -0.2) is 28.4 Å². The van der Waals surface area contributed by atoms with Crippen molar-refractivity contribution < 1.29 is 40.9 Å². The molecule has 3 rings (SSSR count). The standard InChI is InChI=1S/C23H20F6N2O3/c1-15-8-9-20(14-30-15)33-18-6-2-4-16(10-18)12-21(32,22(24,25)26)31-13-17-5-3-7-19(11-17)34-23(27,28)29/h2-11,14,31-32H,12-13H2,1H3. The van der Waals surface area contributed by atoms with Crippen LogP contribution < -0.4 is 14.8 Å². The van der Waals surface area contributed by atoms with Crippen molar-refractivity contribution in [2.45, 2.75) is 38.2 Å². The van der Waals surface area contributed by atoms with Crippen LogP contribution in [0.15, 0.2) is 66.9 Å². The van der Waals surface area contributed by atoms with Crippen LogP contribution in [-0.2, 0) is 13.0 Å². The molecule has 0 radical (unpaired) electrons. The molecule has 11 heteroatoms. The number of halogens is 6. The zero-order chi connectivity index (χ0) is 25.0. The van der Waals surface area contributed by atoms with Crippen molar-refractivity contribution in [1.82, 2.24) is 10.3 Å². The second kappa shape index (κ2) is 9.90. The second-order valence-corrected chi connectivity index (χ2v) is 7.47. The Balaban J connectivity index is 1.74. The summed E-state index contributed by atoms with van der Waals surface area (Å²) in [5, 5.41) is 12.4.